The minimum absolute atomic E-state index is 0.00754. The molecule has 8 nitrogen and oxygen atoms in total. The lowest BCUT2D eigenvalue weighted by atomic mass is 9.93. The van der Waals surface area contributed by atoms with Gasteiger partial charge in [-0.05, 0) is 60.9 Å². The molecule has 0 aliphatic carbocycles. The van der Waals surface area contributed by atoms with E-state index in [9.17, 15) is 26.3 Å². The fourth-order valence-corrected chi connectivity index (χ4v) is 4.38. The molecule has 1 aromatic carbocycles. The summed E-state index contributed by atoms with van der Waals surface area (Å²) in [6.07, 6.45) is -8.69. The number of aryl methyl sites for hydroxylation is 1. The SMILES string of the molecule is CC[C@@H]1C[C@H](N(Cc2cc(C(F)(F)F)cc(C(F)(F)F)c2)c2n[nH][n+](CCN)n2)c2nc(C)ccc2N1. The van der Waals surface area contributed by atoms with E-state index in [0.717, 1.165) is 24.2 Å². The van der Waals surface area contributed by atoms with E-state index in [-0.39, 0.29) is 36.7 Å². The van der Waals surface area contributed by atoms with Crippen LogP contribution < -0.4 is 20.7 Å². The van der Waals surface area contributed by atoms with Gasteiger partial charge in [0.05, 0.1) is 33.6 Å². The second-order valence-electron chi connectivity index (χ2n) is 8.95. The maximum atomic E-state index is 13.5. The predicted octanol–water partition coefficient (Wildman–Crippen LogP) is 4.13. The minimum atomic E-state index is -4.96. The summed E-state index contributed by atoms with van der Waals surface area (Å²) in [7, 11) is 0. The molecule has 0 spiro atoms. The van der Waals surface area contributed by atoms with Gasteiger partial charge in [0.15, 0.2) is 0 Å². The number of pyridine rings is 1. The molecule has 0 radical (unpaired) electrons. The first-order valence-corrected chi connectivity index (χ1v) is 11.7. The maximum Gasteiger partial charge on any atom is 0.416 e. The second-order valence-corrected chi connectivity index (χ2v) is 8.95. The summed E-state index contributed by atoms with van der Waals surface area (Å²) in [5.74, 6) is 0.107. The van der Waals surface area contributed by atoms with Crippen LogP contribution in [0.25, 0.3) is 0 Å². The Balaban J connectivity index is 1.84. The van der Waals surface area contributed by atoms with Crippen molar-refractivity contribution in [1.29, 1.82) is 0 Å². The van der Waals surface area contributed by atoms with Gasteiger partial charge in [0.1, 0.15) is 6.54 Å². The van der Waals surface area contributed by atoms with Gasteiger partial charge in [0.25, 0.3) is 0 Å². The number of fused-ring (bicyclic) bond motifs is 1. The van der Waals surface area contributed by atoms with Gasteiger partial charge in [0.2, 0.25) is 0 Å². The average Bonchev–Trinajstić information content (AvgIpc) is 3.29. The maximum absolute atomic E-state index is 13.5. The molecule has 2 aromatic heterocycles. The Kier molecular flexibility index (Phi) is 7.31. The van der Waals surface area contributed by atoms with E-state index in [1.165, 1.54) is 4.80 Å². The molecular formula is C23H27F6N8+. The van der Waals surface area contributed by atoms with E-state index in [0.29, 0.717) is 24.4 Å². The summed E-state index contributed by atoms with van der Waals surface area (Å²) < 4.78 is 81.2. The Morgan fingerprint density at radius 1 is 1.08 bits per heavy atom. The number of aromatic amines is 1. The van der Waals surface area contributed by atoms with Crippen LogP contribution in [-0.2, 0) is 25.4 Å². The molecule has 0 fully saturated rings. The van der Waals surface area contributed by atoms with Crippen LogP contribution >= 0.6 is 0 Å². The van der Waals surface area contributed by atoms with Crippen LogP contribution in [0.5, 0.6) is 0 Å². The van der Waals surface area contributed by atoms with Gasteiger partial charge in [-0.3, -0.25) is 4.98 Å². The molecule has 1 aliphatic rings. The summed E-state index contributed by atoms with van der Waals surface area (Å²) in [5, 5.41) is 14.6. The first kappa shape index (κ1) is 26.6. The van der Waals surface area contributed by atoms with E-state index < -0.39 is 29.5 Å². The number of hydrogen-bond acceptors (Lipinski definition) is 6. The molecule has 4 rings (SSSR count). The van der Waals surface area contributed by atoms with Crippen LogP contribution in [0.1, 0.15) is 53.9 Å². The van der Waals surface area contributed by atoms with Crippen molar-refractivity contribution in [3.8, 4) is 0 Å². The summed E-state index contributed by atoms with van der Waals surface area (Å²) in [4.78, 5) is 7.60. The second kappa shape index (κ2) is 10.1. The van der Waals surface area contributed by atoms with E-state index in [4.69, 9.17) is 5.73 Å². The highest BCUT2D eigenvalue weighted by Crippen LogP contribution is 2.40. The molecule has 3 heterocycles. The highest BCUT2D eigenvalue weighted by Gasteiger charge is 2.39. The number of H-pyrrole nitrogens is 1. The number of nitrogens with zero attached hydrogens (tertiary/aromatic N) is 5. The number of rotatable bonds is 7. The largest absolute Gasteiger partial charge is 0.416 e. The Morgan fingerprint density at radius 2 is 1.76 bits per heavy atom. The molecule has 0 saturated carbocycles. The molecule has 2 atom stereocenters. The van der Waals surface area contributed by atoms with Crippen molar-refractivity contribution in [3.05, 3.63) is 58.4 Å². The van der Waals surface area contributed by atoms with Gasteiger partial charge in [-0.15, -0.1) is 0 Å². The number of nitrogens with one attached hydrogen (secondary N) is 2. The van der Waals surface area contributed by atoms with Crippen LogP contribution in [0.2, 0.25) is 0 Å². The lowest BCUT2D eigenvalue weighted by Crippen LogP contribution is -2.43. The zero-order valence-electron chi connectivity index (χ0n) is 20.2. The molecule has 37 heavy (non-hydrogen) atoms. The number of aromatic nitrogens is 5. The van der Waals surface area contributed by atoms with Gasteiger partial charge in [-0.25, -0.2) is 0 Å². The molecule has 1 aliphatic heterocycles. The van der Waals surface area contributed by atoms with E-state index in [1.807, 2.05) is 19.1 Å². The molecule has 3 aromatic rings. The van der Waals surface area contributed by atoms with Gasteiger partial charge in [-0.1, -0.05) is 11.7 Å². The third-order valence-electron chi connectivity index (χ3n) is 6.19. The lowest BCUT2D eigenvalue weighted by Gasteiger charge is -2.37. The average molecular weight is 530 g/mol. The molecule has 200 valence electrons. The molecule has 0 unspecified atom stereocenters. The standard InChI is InChI=1S/C23H26F6N8/c1-3-17-11-19(20-18(32-17)5-4-13(2)31-20)36(21-33-35-37(34-21)7-6-30)12-14-8-15(22(24,25)26)10-16(9-14)23(27,28)29/h4-5,8-10,17,19,32H,3,6-7,11-12,30H2,1-2H3/p+1/t17-,19+/m1/s1. The van der Waals surface area contributed by atoms with Crippen molar-refractivity contribution in [1.82, 2.24) is 20.4 Å². The predicted molar refractivity (Wildman–Crippen MR) is 122 cm³/mol. The summed E-state index contributed by atoms with van der Waals surface area (Å²) in [6.45, 7) is 4.01. The monoisotopic (exact) mass is 529 g/mol. The van der Waals surface area contributed by atoms with Crippen molar-refractivity contribution in [3.63, 3.8) is 0 Å². The van der Waals surface area contributed by atoms with Crippen molar-refractivity contribution >= 4 is 11.6 Å². The molecule has 0 saturated heterocycles. The van der Waals surface area contributed by atoms with Crippen LogP contribution in [0.3, 0.4) is 0 Å². The molecule has 0 amide bonds. The third kappa shape index (κ3) is 5.95. The topological polar surface area (TPSA) is 99.6 Å². The van der Waals surface area contributed by atoms with Crippen molar-refractivity contribution in [2.24, 2.45) is 5.73 Å². The molecule has 4 N–H and O–H groups in total. The Hall–Kier alpha value is -3.42. The molecule has 0 bridgehead atoms. The normalized spacial score (nSPS) is 17.9. The van der Waals surface area contributed by atoms with Crippen LogP contribution in [-0.4, -0.2) is 33.0 Å². The van der Waals surface area contributed by atoms with Crippen LogP contribution in [0, 0.1) is 6.92 Å². The van der Waals surface area contributed by atoms with Crippen molar-refractivity contribution in [2.45, 2.75) is 64.2 Å². The van der Waals surface area contributed by atoms with Gasteiger partial charge in [0, 0.05) is 29.9 Å². The third-order valence-corrected chi connectivity index (χ3v) is 6.19. The summed E-state index contributed by atoms with van der Waals surface area (Å²) in [6, 6.07) is 4.74. The zero-order chi connectivity index (χ0) is 27.0. The van der Waals surface area contributed by atoms with E-state index >= 15 is 0 Å². The lowest BCUT2D eigenvalue weighted by molar-refractivity contribution is -0.802. The first-order valence-electron chi connectivity index (χ1n) is 11.7. The number of nitrogens with two attached hydrogens (primary N) is 1. The number of anilines is 2. The van der Waals surface area contributed by atoms with E-state index in [1.54, 1.807) is 11.8 Å². The van der Waals surface area contributed by atoms with E-state index in [2.05, 4.69) is 25.7 Å². The quantitative estimate of drug-likeness (QED) is 0.315. The Bertz CT molecular complexity index is 1210. The molecular weight excluding hydrogens is 502 g/mol. The Morgan fingerprint density at radius 3 is 2.35 bits per heavy atom. The van der Waals surface area contributed by atoms with Crippen LogP contribution in [0.4, 0.5) is 38.0 Å². The number of hydrogen-bond donors (Lipinski definition) is 3. The smallest absolute Gasteiger partial charge is 0.381 e. The van der Waals surface area contributed by atoms with Crippen molar-refractivity contribution in [2.75, 3.05) is 16.8 Å². The van der Waals surface area contributed by atoms with Gasteiger partial charge in [-0.2, -0.15) is 26.3 Å². The number of alkyl halides is 6. The summed E-state index contributed by atoms with van der Waals surface area (Å²) >= 11 is 0. The summed E-state index contributed by atoms with van der Waals surface area (Å²) in [5.41, 5.74) is 4.72. The molecule has 14 heteroatoms. The highest BCUT2D eigenvalue weighted by atomic mass is 19.4. The van der Waals surface area contributed by atoms with Crippen LogP contribution in [0.15, 0.2) is 30.3 Å². The first-order chi connectivity index (χ1) is 17.4. The fraction of sp³-hybridized carbons (Fsp3) is 0.478. The van der Waals surface area contributed by atoms with Gasteiger partial charge < -0.3 is 16.0 Å². The highest BCUT2D eigenvalue weighted by molar-refractivity contribution is 5.55. The zero-order valence-corrected chi connectivity index (χ0v) is 20.2. The number of halogens is 6. The minimum Gasteiger partial charge on any atom is -0.381 e. The fourth-order valence-electron chi connectivity index (χ4n) is 4.38. The number of tetrazole rings is 1. The van der Waals surface area contributed by atoms with Crippen molar-refractivity contribution < 1.29 is 31.1 Å². The number of benzene rings is 1. The Labute approximate surface area is 208 Å². The van der Waals surface area contributed by atoms with Gasteiger partial charge >= 0.3 is 18.3 Å².